The van der Waals surface area contributed by atoms with Crippen LogP contribution in [0.4, 0.5) is 0 Å². The van der Waals surface area contributed by atoms with Gasteiger partial charge in [0.05, 0.1) is 7.11 Å². The first-order valence-electron chi connectivity index (χ1n) is 8.38. The normalized spacial score (nSPS) is 40.2. The average Bonchev–Trinajstić information content (AvgIpc) is 2.51. The molecule has 4 bridgehead atoms. The predicted octanol–water partition coefficient (Wildman–Crippen LogP) is 4.02. The Kier molecular flexibility index (Phi) is 3.28. The summed E-state index contributed by atoms with van der Waals surface area (Å²) in [6.07, 6.45) is 6.06. The highest BCUT2D eigenvalue weighted by atomic mass is 16.5. The van der Waals surface area contributed by atoms with Crippen molar-refractivity contribution in [1.82, 2.24) is 0 Å². The highest BCUT2D eigenvalue weighted by Crippen LogP contribution is 2.62. The van der Waals surface area contributed by atoms with Gasteiger partial charge in [-0.2, -0.15) is 0 Å². The first-order valence-corrected chi connectivity index (χ1v) is 8.38. The average molecular weight is 284 g/mol. The Morgan fingerprint density at radius 1 is 1.10 bits per heavy atom. The van der Waals surface area contributed by atoms with Gasteiger partial charge in [0, 0.05) is 6.42 Å². The topological polar surface area (TPSA) is 26.3 Å². The van der Waals surface area contributed by atoms with Crippen LogP contribution in [0.5, 0.6) is 0 Å². The Balaban J connectivity index is 1.64. The number of hydrogen-bond acceptors (Lipinski definition) is 2. The molecule has 0 amide bonds. The molecule has 4 fully saturated rings. The second-order valence-corrected chi connectivity index (χ2v) is 7.37. The molecule has 21 heavy (non-hydrogen) atoms. The zero-order chi connectivity index (χ0) is 14.4. The monoisotopic (exact) mass is 284 g/mol. The predicted molar refractivity (Wildman–Crippen MR) is 81.7 cm³/mol. The van der Waals surface area contributed by atoms with Crippen molar-refractivity contribution in [3.05, 3.63) is 35.9 Å². The fraction of sp³-hybridized carbons (Fsp3) is 0.632. The van der Waals surface area contributed by atoms with Gasteiger partial charge in [0.15, 0.2) is 0 Å². The van der Waals surface area contributed by atoms with Crippen molar-refractivity contribution < 1.29 is 9.53 Å². The van der Waals surface area contributed by atoms with Gasteiger partial charge in [-0.3, -0.25) is 4.79 Å². The minimum absolute atomic E-state index is 0.0146. The van der Waals surface area contributed by atoms with Crippen molar-refractivity contribution in [1.29, 1.82) is 0 Å². The van der Waals surface area contributed by atoms with Crippen molar-refractivity contribution in [2.24, 2.45) is 29.6 Å². The molecule has 112 valence electrons. The maximum atomic E-state index is 11.8. The van der Waals surface area contributed by atoms with Crippen molar-refractivity contribution in [2.45, 2.75) is 38.0 Å². The van der Waals surface area contributed by atoms with Gasteiger partial charge < -0.3 is 4.74 Å². The van der Waals surface area contributed by atoms with Crippen molar-refractivity contribution in [3.8, 4) is 0 Å². The highest BCUT2D eigenvalue weighted by Gasteiger charge is 2.53. The van der Waals surface area contributed by atoms with E-state index in [1.54, 1.807) is 0 Å². The van der Waals surface area contributed by atoms with E-state index in [1.807, 2.05) is 0 Å². The zero-order valence-electron chi connectivity index (χ0n) is 12.7. The lowest BCUT2D eigenvalue weighted by Crippen LogP contribution is -2.50. The van der Waals surface area contributed by atoms with Crippen LogP contribution in [0.2, 0.25) is 0 Å². The van der Waals surface area contributed by atoms with Crippen molar-refractivity contribution in [2.75, 3.05) is 7.11 Å². The van der Waals surface area contributed by atoms with E-state index in [9.17, 15) is 4.79 Å². The number of carbonyl (C=O) groups excluding carboxylic acids is 1. The molecule has 5 rings (SSSR count). The summed E-state index contributed by atoms with van der Waals surface area (Å²) < 4.78 is 4.96. The van der Waals surface area contributed by atoms with E-state index in [2.05, 4.69) is 30.3 Å². The van der Waals surface area contributed by atoms with Gasteiger partial charge in [0.25, 0.3) is 0 Å². The van der Waals surface area contributed by atoms with Crippen LogP contribution >= 0.6 is 0 Å². The van der Waals surface area contributed by atoms with Crippen LogP contribution in [-0.4, -0.2) is 13.1 Å². The molecule has 0 radical (unpaired) electrons. The zero-order valence-corrected chi connectivity index (χ0v) is 12.7. The van der Waals surface area contributed by atoms with Crippen molar-refractivity contribution >= 4 is 5.97 Å². The molecule has 2 nitrogen and oxygen atoms in total. The van der Waals surface area contributed by atoms with Crippen LogP contribution in [0.1, 0.15) is 43.6 Å². The SMILES string of the molecule is COC(=O)CC1C2CC3CC(C2)C(c2ccccc2)C1C3. The Bertz CT molecular complexity index is 524. The standard InChI is InChI=1S/C19H24O2/c1-21-18(20)11-16-14-7-12-8-15(10-14)19(17(16)9-12)13-5-3-2-4-6-13/h2-6,12,14-17,19H,7-11H2,1H3. The van der Waals surface area contributed by atoms with Gasteiger partial charge in [-0.15, -0.1) is 0 Å². The number of methoxy groups -OCH3 is 1. The Hall–Kier alpha value is -1.31. The Morgan fingerprint density at radius 2 is 1.86 bits per heavy atom. The summed E-state index contributed by atoms with van der Waals surface area (Å²) in [4.78, 5) is 11.8. The van der Waals surface area contributed by atoms with Gasteiger partial charge >= 0.3 is 5.97 Å². The summed E-state index contributed by atoms with van der Waals surface area (Å²) >= 11 is 0. The number of carbonyl (C=O) groups is 1. The van der Waals surface area contributed by atoms with E-state index in [1.165, 1.54) is 38.4 Å². The molecule has 4 aliphatic carbocycles. The second kappa shape index (κ2) is 5.15. The molecular formula is C19H24O2. The fourth-order valence-electron chi connectivity index (χ4n) is 5.83. The van der Waals surface area contributed by atoms with Gasteiger partial charge in [-0.25, -0.2) is 0 Å². The Labute approximate surface area is 126 Å². The number of benzene rings is 1. The van der Waals surface area contributed by atoms with Gasteiger partial charge in [0.2, 0.25) is 0 Å². The minimum atomic E-state index is -0.0146. The van der Waals surface area contributed by atoms with E-state index >= 15 is 0 Å². The van der Waals surface area contributed by atoms with Crippen molar-refractivity contribution in [3.63, 3.8) is 0 Å². The third-order valence-electron chi connectivity index (χ3n) is 6.42. The van der Waals surface area contributed by atoms with Crippen LogP contribution < -0.4 is 0 Å². The lowest BCUT2D eigenvalue weighted by Gasteiger charge is -2.58. The highest BCUT2D eigenvalue weighted by molar-refractivity contribution is 5.69. The molecule has 6 atom stereocenters. The molecule has 4 saturated carbocycles. The van der Waals surface area contributed by atoms with Gasteiger partial charge in [-0.05, 0) is 66.8 Å². The smallest absolute Gasteiger partial charge is 0.305 e. The van der Waals surface area contributed by atoms with E-state index in [-0.39, 0.29) is 5.97 Å². The van der Waals surface area contributed by atoms with Crippen LogP contribution in [0.15, 0.2) is 30.3 Å². The molecule has 0 spiro atoms. The maximum Gasteiger partial charge on any atom is 0.305 e. The number of esters is 1. The van der Waals surface area contributed by atoms with Crippen LogP contribution in [0, 0.1) is 29.6 Å². The first kappa shape index (κ1) is 13.4. The van der Waals surface area contributed by atoms with Gasteiger partial charge in [0.1, 0.15) is 0 Å². The molecule has 1 aromatic carbocycles. The van der Waals surface area contributed by atoms with Crippen LogP contribution in [0.25, 0.3) is 0 Å². The molecule has 0 aromatic heterocycles. The van der Waals surface area contributed by atoms with Crippen LogP contribution in [-0.2, 0) is 9.53 Å². The lowest BCUT2D eigenvalue weighted by molar-refractivity contribution is -0.146. The molecular weight excluding hydrogens is 260 g/mol. The Morgan fingerprint density at radius 3 is 2.62 bits per heavy atom. The molecule has 0 aliphatic heterocycles. The van der Waals surface area contributed by atoms with Gasteiger partial charge in [-0.1, -0.05) is 30.3 Å². The summed E-state index contributed by atoms with van der Waals surface area (Å²) in [5.41, 5.74) is 1.50. The molecule has 2 heteroatoms. The maximum absolute atomic E-state index is 11.8. The number of ether oxygens (including phenoxy) is 1. The number of rotatable bonds is 3. The summed E-state index contributed by atoms with van der Waals surface area (Å²) in [7, 11) is 1.52. The van der Waals surface area contributed by atoms with Crippen LogP contribution in [0.3, 0.4) is 0 Å². The van der Waals surface area contributed by atoms with E-state index in [4.69, 9.17) is 4.74 Å². The molecule has 6 unspecified atom stereocenters. The largest absolute Gasteiger partial charge is 0.469 e. The van der Waals surface area contributed by atoms with E-state index in [0.717, 1.165) is 17.8 Å². The summed E-state index contributed by atoms with van der Waals surface area (Å²) in [6.45, 7) is 0. The first-order chi connectivity index (χ1) is 10.3. The summed E-state index contributed by atoms with van der Waals surface area (Å²) in [5.74, 6) is 4.45. The molecule has 4 aliphatic rings. The summed E-state index contributed by atoms with van der Waals surface area (Å²) in [6, 6.07) is 11.0. The molecule has 0 saturated heterocycles. The second-order valence-electron chi connectivity index (χ2n) is 7.37. The molecule has 0 N–H and O–H groups in total. The molecule has 0 heterocycles. The summed E-state index contributed by atoms with van der Waals surface area (Å²) in [5, 5.41) is 0. The quantitative estimate of drug-likeness (QED) is 0.784. The lowest BCUT2D eigenvalue weighted by atomic mass is 9.46. The third-order valence-corrected chi connectivity index (χ3v) is 6.42. The fourth-order valence-corrected chi connectivity index (χ4v) is 5.83. The number of hydrogen-bond donors (Lipinski definition) is 0. The van der Waals surface area contributed by atoms with E-state index in [0.29, 0.717) is 24.2 Å². The van der Waals surface area contributed by atoms with E-state index < -0.39 is 0 Å². The molecule has 1 aromatic rings. The minimum Gasteiger partial charge on any atom is -0.469 e. The third kappa shape index (κ3) is 2.20.